The van der Waals surface area contributed by atoms with Gasteiger partial charge in [-0.1, -0.05) is 33.8 Å². The smallest absolute Gasteiger partial charge is 0.213 e. The molecule has 1 heterocycles. The van der Waals surface area contributed by atoms with Gasteiger partial charge >= 0.3 is 6.18 Å². The second-order valence-corrected chi connectivity index (χ2v) is 5.77. The maximum atomic E-state index is 12.6. The van der Waals surface area contributed by atoms with Crippen LogP contribution in [0.4, 0.5) is 13.2 Å². The summed E-state index contributed by atoms with van der Waals surface area (Å²) in [4.78, 5) is 7.69. The number of rotatable bonds is 2. The van der Waals surface area contributed by atoms with E-state index in [1.807, 2.05) is 6.07 Å². The summed E-state index contributed by atoms with van der Waals surface area (Å²) in [5.74, 6) is 0. The fourth-order valence-corrected chi connectivity index (χ4v) is 2.91. The molecule has 0 saturated carbocycles. The fraction of sp³-hybridized carbons (Fsp3) is 0.0909. The SMILES string of the molecule is FC(F)(F)c1cc(Sc2cccc(Br)c2)nc(Cl)n1. The summed E-state index contributed by atoms with van der Waals surface area (Å²) in [5, 5.41) is -0.280. The molecule has 1 aromatic heterocycles. The molecule has 0 aliphatic heterocycles. The van der Waals surface area contributed by atoms with Crippen molar-refractivity contribution in [2.75, 3.05) is 0 Å². The lowest BCUT2D eigenvalue weighted by atomic mass is 10.4. The van der Waals surface area contributed by atoms with E-state index in [0.717, 1.165) is 27.2 Å². The van der Waals surface area contributed by atoms with E-state index in [0.29, 0.717) is 0 Å². The Morgan fingerprint density at radius 1 is 1.16 bits per heavy atom. The van der Waals surface area contributed by atoms with Crippen LogP contribution in [0.1, 0.15) is 5.69 Å². The molecule has 0 radical (unpaired) electrons. The van der Waals surface area contributed by atoms with Gasteiger partial charge in [-0.05, 0) is 29.8 Å². The van der Waals surface area contributed by atoms with Gasteiger partial charge in [-0.2, -0.15) is 13.2 Å². The highest BCUT2D eigenvalue weighted by atomic mass is 79.9. The maximum absolute atomic E-state index is 12.6. The Labute approximate surface area is 124 Å². The molecule has 0 N–H and O–H groups in total. The number of benzene rings is 1. The monoisotopic (exact) mass is 368 g/mol. The van der Waals surface area contributed by atoms with E-state index in [-0.39, 0.29) is 5.03 Å². The van der Waals surface area contributed by atoms with Gasteiger partial charge in [0.1, 0.15) is 5.03 Å². The normalized spacial score (nSPS) is 11.6. The summed E-state index contributed by atoms with van der Waals surface area (Å²) < 4.78 is 38.6. The fourth-order valence-electron chi connectivity index (χ4n) is 1.25. The van der Waals surface area contributed by atoms with E-state index in [4.69, 9.17) is 11.6 Å². The predicted octanol–water partition coefficient (Wildman–Crippen LogP) is 5.06. The lowest BCUT2D eigenvalue weighted by molar-refractivity contribution is -0.141. The van der Waals surface area contributed by atoms with Crippen LogP contribution < -0.4 is 0 Å². The van der Waals surface area contributed by atoms with Crippen LogP contribution in [-0.2, 0) is 6.18 Å². The van der Waals surface area contributed by atoms with Crippen molar-refractivity contribution in [2.45, 2.75) is 16.1 Å². The van der Waals surface area contributed by atoms with Crippen molar-refractivity contribution in [3.8, 4) is 0 Å². The second kappa shape index (κ2) is 5.68. The molecule has 0 spiro atoms. The molecule has 2 rings (SSSR count). The first-order valence-corrected chi connectivity index (χ1v) is 6.88. The van der Waals surface area contributed by atoms with E-state index in [9.17, 15) is 13.2 Å². The van der Waals surface area contributed by atoms with E-state index in [1.54, 1.807) is 18.2 Å². The van der Waals surface area contributed by atoms with E-state index in [1.165, 1.54) is 0 Å². The largest absolute Gasteiger partial charge is 0.433 e. The van der Waals surface area contributed by atoms with Gasteiger partial charge in [-0.25, -0.2) is 9.97 Å². The lowest BCUT2D eigenvalue weighted by Gasteiger charge is -2.08. The van der Waals surface area contributed by atoms with Gasteiger partial charge in [0.15, 0.2) is 5.69 Å². The summed E-state index contributed by atoms with van der Waals surface area (Å²) >= 11 is 9.87. The van der Waals surface area contributed by atoms with Crippen molar-refractivity contribution in [1.82, 2.24) is 9.97 Å². The van der Waals surface area contributed by atoms with Crippen molar-refractivity contribution in [1.29, 1.82) is 0 Å². The van der Waals surface area contributed by atoms with Gasteiger partial charge in [0, 0.05) is 15.4 Å². The molecule has 0 amide bonds. The first-order chi connectivity index (χ1) is 8.84. The average molecular weight is 370 g/mol. The Morgan fingerprint density at radius 3 is 2.53 bits per heavy atom. The van der Waals surface area contributed by atoms with Crippen molar-refractivity contribution in [3.05, 3.63) is 45.8 Å². The third kappa shape index (κ3) is 4.09. The van der Waals surface area contributed by atoms with Gasteiger partial charge in [-0.3, -0.25) is 0 Å². The van der Waals surface area contributed by atoms with E-state index < -0.39 is 17.2 Å². The lowest BCUT2D eigenvalue weighted by Crippen LogP contribution is -2.09. The number of nitrogens with zero attached hydrogens (tertiary/aromatic N) is 2. The van der Waals surface area contributed by atoms with E-state index >= 15 is 0 Å². The predicted molar refractivity (Wildman–Crippen MR) is 70.3 cm³/mol. The zero-order valence-corrected chi connectivity index (χ0v) is 12.2. The number of hydrogen-bond acceptors (Lipinski definition) is 3. The van der Waals surface area contributed by atoms with Crippen molar-refractivity contribution in [2.24, 2.45) is 0 Å². The standard InChI is InChI=1S/C11H5BrClF3N2S/c12-6-2-1-3-7(4-6)19-9-5-8(11(14,15)16)17-10(13)18-9/h1-5H. The van der Waals surface area contributed by atoms with Gasteiger partial charge in [-0.15, -0.1) is 0 Å². The number of aromatic nitrogens is 2. The molecule has 2 aromatic rings. The maximum Gasteiger partial charge on any atom is 0.433 e. The average Bonchev–Trinajstić information content (AvgIpc) is 2.26. The van der Waals surface area contributed by atoms with Crippen LogP contribution in [0.15, 0.2) is 44.7 Å². The topological polar surface area (TPSA) is 25.8 Å². The molecule has 100 valence electrons. The molecule has 0 unspecified atom stereocenters. The van der Waals surface area contributed by atoms with Crippen molar-refractivity contribution >= 4 is 39.3 Å². The molecule has 1 aromatic carbocycles. The molecule has 2 nitrogen and oxygen atoms in total. The summed E-state index contributed by atoms with van der Waals surface area (Å²) in [7, 11) is 0. The summed E-state index contributed by atoms with van der Waals surface area (Å²) in [6.07, 6.45) is -4.54. The molecule has 8 heteroatoms. The minimum atomic E-state index is -4.54. The van der Waals surface area contributed by atoms with Crippen LogP contribution in [0.3, 0.4) is 0 Å². The van der Waals surface area contributed by atoms with Crippen LogP contribution in [0.2, 0.25) is 5.28 Å². The number of hydrogen-bond donors (Lipinski definition) is 0. The quantitative estimate of drug-likeness (QED) is 0.546. The molecule has 0 aliphatic carbocycles. The second-order valence-electron chi connectivity index (χ2n) is 3.42. The van der Waals surface area contributed by atoms with Gasteiger partial charge in [0.05, 0.1) is 0 Å². The third-order valence-electron chi connectivity index (χ3n) is 1.98. The molecule has 19 heavy (non-hydrogen) atoms. The zero-order chi connectivity index (χ0) is 14.0. The minimum Gasteiger partial charge on any atom is -0.213 e. The Hall–Kier alpha value is -0.790. The van der Waals surface area contributed by atoms with Crippen LogP contribution >= 0.6 is 39.3 Å². The Kier molecular flexibility index (Phi) is 4.37. The highest BCUT2D eigenvalue weighted by Crippen LogP contribution is 2.33. The van der Waals surface area contributed by atoms with Crippen LogP contribution in [-0.4, -0.2) is 9.97 Å². The van der Waals surface area contributed by atoms with Crippen LogP contribution in [0.5, 0.6) is 0 Å². The van der Waals surface area contributed by atoms with Crippen molar-refractivity contribution < 1.29 is 13.2 Å². The number of alkyl halides is 3. The highest BCUT2D eigenvalue weighted by Gasteiger charge is 2.33. The van der Waals surface area contributed by atoms with Crippen LogP contribution in [0, 0.1) is 0 Å². The molecule has 0 saturated heterocycles. The van der Waals surface area contributed by atoms with Gasteiger partial charge in [0.2, 0.25) is 5.28 Å². The molecule has 0 fully saturated rings. The highest BCUT2D eigenvalue weighted by molar-refractivity contribution is 9.10. The summed E-state index contributed by atoms with van der Waals surface area (Å²) in [6, 6.07) is 8.00. The van der Waals surface area contributed by atoms with Crippen molar-refractivity contribution in [3.63, 3.8) is 0 Å². The summed E-state index contributed by atoms with van der Waals surface area (Å²) in [6.45, 7) is 0. The molecule has 0 atom stereocenters. The van der Waals surface area contributed by atoms with E-state index in [2.05, 4.69) is 25.9 Å². The Balaban J connectivity index is 2.33. The van der Waals surface area contributed by atoms with Gasteiger partial charge < -0.3 is 0 Å². The van der Waals surface area contributed by atoms with Gasteiger partial charge in [0.25, 0.3) is 0 Å². The Bertz CT molecular complexity index is 607. The molecular weight excluding hydrogens is 365 g/mol. The number of halogens is 5. The summed E-state index contributed by atoms with van der Waals surface area (Å²) in [5.41, 5.74) is -1.05. The first kappa shape index (κ1) is 14.6. The molecular formula is C11H5BrClF3N2S. The Morgan fingerprint density at radius 2 is 1.89 bits per heavy atom. The minimum absolute atomic E-state index is 0.144. The molecule has 0 bridgehead atoms. The molecule has 0 aliphatic rings. The van der Waals surface area contributed by atoms with Crippen LogP contribution in [0.25, 0.3) is 0 Å². The third-order valence-corrected chi connectivity index (χ3v) is 3.55. The zero-order valence-electron chi connectivity index (χ0n) is 9.08. The first-order valence-electron chi connectivity index (χ1n) is 4.90.